The minimum absolute atomic E-state index is 0.0512. The van der Waals surface area contributed by atoms with Crippen molar-refractivity contribution in [2.45, 2.75) is 50.7 Å². The SMILES string of the molecule is NC(=O)C(=O)N(Cc1ccc(C(F)(F)F)cn1)[C@H]1CCC[C@@H]1OC(F)F. The molecule has 0 aromatic carbocycles. The number of carbonyl (C=O) groups excluding carboxylic acids is 2. The van der Waals surface area contributed by atoms with E-state index in [0.717, 1.165) is 17.0 Å². The van der Waals surface area contributed by atoms with Crippen LogP contribution < -0.4 is 5.73 Å². The van der Waals surface area contributed by atoms with Crippen LogP contribution in [0, 0.1) is 0 Å². The number of hydrogen-bond donors (Lipinski definition) is 1. The lowest BCUT2D eigenvalue weighted by molar-refractivity contribution is -0.178. The van der Waals surface area contributed by atoms with E-state index in [2.05, 4.69) is 9.72 Å². The van der Waals surface area contributed by atoms with E-state index in [9.17, 15) is 31.5 Å². The number of ether oxygens (including phenoxy) is 1. The fourth-order valence-corrected chi connectivity index (χ4v) is 2.90. The van der Waals surface area contributed by atoms with Crippen LogP contribution in [0.5, 0.6) is 0 Å². The first-order chi connectivity index (χ1) is 12.1. The minimum atomic E-state index is -4.57. The van der Waals surface area contributed by atoms with Crippen molar-refractivity contribution in [1.29, 1.82) is 0 Å². The molecule has 2 N–H and O–H groups in total. The van der Waals surface area contributed by atoms with Crippen molar-refractivity contribution in [3.8, 4) is 0 Å². The van der Waals surface area contributed by atoms with E-state index in [1.54, 1.807) is 0 Å². The number of rotatable bonds is 5. The topological polar surface area (TPSA) is 85.5 Å². The number of halogens is 5. The van der Waals surface area contributed by atoms with Gasteiger partial charge in [-0.05, 0) is 31.4 Å². The maximum atomic E-state index is 12.6. The molecule has 0 spiro atoms. The van der Waals surface area contributed by atoms with Crippen LogP contribution in [0.2, 0.25) is 0 Å². The summed E-state index contributed by atoms with van der Waals surface area (Å²) in [6.45, 7) is -3.41. The van der Waals surface area contributed by atoms with Gasteiger partial charge in [-0.3, -0.25) is 14.6 Å². The van der Waals surface area contributed by atoms with Crippen LogP contribution in [0.1, 0.15) is 30.5 Å². The van der Waals surface area contributed by atoms with Gasteiger partial charge in [-0.2, -0.15) is 22.0 Å². The first-order valence-corrected chi connectivity index (χ1v) is 7.65. The van der Waals surface area contributed by atoms with Gasteiger partial charge >= 0.3 is 24.6 Å². The van der Waals surface area contributed by atoms with Crippen molar-refractivity contribution in [3.05, 3.63) is 29.6 Å². The molecule has 0 radical (unpaired) electrons. The first kappa shape index (κ1) is 20.0. The number of hydrogen-bond acceptors (Lipinski definition) is 4. The van der Waals surface area contributed by atoms with Crippen LogP contribution in [0.15, 0.2) is 18.3 Å². The number of nitrogens with zero attached hydrogens (tertiary/aromatic N) is 2. The molecule has 144 valence electrons. The van der Waals surface area contributed by atoms with Crippen LogP contribution in [-0.2, 0) is 27.0 Å². The summed E-state index contributed by atoms with van der Waals surface area (Å²) in [6.07, 6.45) is -3.98. The molecular formula is C15H16F5N3O3. The Morgan fingerprint density at radius 3 is 2.50 bits per heavy atom. The number of primary amides is 1. The molecule has 1 aromatic heterocycles. The van der Waals surface area contributed by atoms with Crippen molar-refractivity contribution in [1.82, 2.24) is 9.88 Å². The molecule has 11 heteroatoms. The second kappa shape index (κ2) is 7.94. The van der Waals surface area contributed by atoms with E-state index >= 15 is 0 Å². The molecule has 1 fully saturated rings. The van der Waals surface area contributed by atoms with Crippen molar-refractivity contribution in [3.63, 3.8) is 0 Å². The van der Waals surface area contributed by atoms with Crippen LogP contribution in [0.25, 0.3) is 0 Å². The Bertz CT molecular complexity index is 651. The van der Waals surface area contributed by atoms with E-state index in [-0.39, 0.29) is 25.1 Å². The molecule has 1 aliphatic rings. The Kier molecular flexibility index (Phi) is 6.11. The molecule has 0 aliphatic heterocycles. The number of nitrogens with two attached hydrogens (primary N) is 1. The molecule has 2 rings (SSSR count). The van der Waals surface area contributed by atoms with E-state index in [1.807, 2.05) is 0 Å². The highest BCUT2D eigenvalue weighted by Gasteiger charge is 2.39. The quantitative estimate of drug-likeness (QED) is 0.625. The second-order valence-corrected chi connectivity index (χ2v) is 5.77. The lowest BCUT2D eigenvalue weighted by atomic mass is 10.1. The van der Waals surface area contributed by atoms with Gasteiger partial charge in [0.05, 0.1) is 29.9 Å². The van der Waals surface area contributed by atoms with Gasteiger partial charge in [0.15, 0.2) is 0 Å². The Balaban J connectivity index is 2.22. The molecule has 1 aliphatic carbocycles. The summed E-state index contributed by atoms with van der Waals surface area (Å²) in [5.41, 5.74) is 4.07. The Morgan fingerprint density at radius 1 is 1.31 bits per heavy atom. The number of amides is 2. The second-order valence-electron chi connectivity index (χ2n) is 5.77. The lowest BCUT2D eigenvalue weighted by Gasteiger charge is -2.31. The smallest absolute Gasteiger partial charge is 0.361 e. The van der Waals surface area contributed by atoms with Crippen molar-refractivity contribution in [2.24, 2.45) is 5.73 Å². The highest BCUT2D eigenvalue weighted by atomic mass is 19.4. The molecular weight excluding hydrogens is 365 g/mol. The van der Waals surface area contributed by atoms with Crippen LogP contribution >= 0.6 is 0 Å². The van der Waals surface area contributed by atoms with E-state index < -0.39 is 42.3 Å². The molecule has 2 atom stereocenters. The third kappa shape index (κ3) is 4.87. The monoisotopic (exact) mass is 381 g/mol. The average molecular weight is 381 g/mol. The van der Waals surface area contributed by atoms with Gasteiger partial charge in [-0.1, -0.05) is 0 Å². The Morgan fingerprint density at radius 2 is 2.00 bits per heavy atom. The number of alkyl halides is 5. The summed E-state index contributed by atoms with van der Waals surface area (Å²) in [5.74, 6) is -2.44. The van der Waals surface area contributed by atoms with Crippen LogP contribution in [-0.4, -0.2) is 40.5 Å². The molecule has 1 heterocycles. The fraction of sp³-hybridized carbons (Fsp3) is 0.533. The summed E-state index contributed by atoms with van der Waals surface area (Å²) in [4.78, 5) is 27.9. The average Bonchev–Trinajstić information content (AvgIpc) is 2.98. The summed E-state index contributed by atoms with van der Waals surface area (Å²) >= 11 is 0. The Labute approximate surface area is 145 Å². The van der Waals surface area contributed by atoms with Gasteiger partial charge < -0.3 is 15.4 Å². The van der Waals surface area contributed by atoms with E-state index in [1.165, 1.54) is 0 Å². The standard InChI is InChI=1S/C15H16F5N3O3/c16-14(17)26-11-3-1-2-10(11)23(13(25)12(21)24)7-9-5-4-8(6-22-9)15(18,19)20/h4-6,10-11,14H,1-3,7H2,(H2,21,24)/t10-,11-/m0/s1. The summed E-state index contributed by atoms with van der Waals surface area (Å²) in [6, 6.07) is 0.965. The maximum absolute atomic E-state index is 12.6. The summed E-state index contributed by atoms with van der Waals surface area (Å²) in [7, 11) is 0. The van der Waals surface area contributed by atoms with E-state index in [4.69, 9.17) is 5.73 Å². The molecule has 6 nitrogen and oxygen atoms in total. The summed E-state index contributed by atoms with van der Waals surface area (Å²) < 4.78 is 67.3. The van der Waals surface area contributed by atoms with Gasteiger partial charge in [-0.15, -0.1) is 0 Å². The molecule has 0 saturated heterocycles. The van der Waals surface area contributed by atoms with Gasteiger partial charge in [0.25, 0.3) is 0 Å². The predicted molar refractivity (Wildman–Crippen MR) is 77.5 cm³/mol. The van der Waals surface area contributed by atoms with Crippen molar-refractivity contribution < 1.29 is 36.3 Å². The zero-order valence-corrected chi connectivity index (χ0v) is 13.4. The zero-order valence-electron chi connectivity index (χ0n) is 13.4. The zero-order chi connectivity index (χ0) is 19.5. The largest absolute Gasteiger partial charge is 0.417 e. The highest BCUT2D eigenvalue weighted by molar-refractivity contribution is 6.34. The van der Waals surface area contributed by atoms with Crippen molar-refractivity contribution >= 4 is 11.8 Å². The van der Waals surface area contributed by atoms with Gasteiger partial charge in [0.1, 0.15) is 0 Å². The third-order valence-corrected chi connectivity index (χ3v) is 4.05. The van der Waals surface area contributed by atoms with Gasteiger partial charge in [-0.25, -0.2) is 0 Å². The molecule has 0 bridgehead atoms. The Hall–Kier alpha value is -2.30. The molecule has 2 amide bonds. The number of pyridine rings is 1. The first-order valence-electron chi connectivity index (χ1n) is 7.65. The fourth-order valence-electron chi connectivity index (χ4n) is 2.90. The van der Waals surface area contributed by atoms with Crippen molar-refractivity contribution in [2.75, 3.05) is 0 Å². The normalized spacial score (nSPS) is 20.4. The van der Waals surface area contributed by atoms with E-state index in [0.29, 0.717) is 12.6 Å². The van der Waals surface area contributed by atoms with Gasteiger partial charge in [0.2, 0.25) is 0 Å². The van der Waals surface area contributed by atoms with Crippen LogP contribution in [0.4, 0.5) is 22.0 Å². The molecule has 1 saturated carbocycles. The third-order valence-electron chi connectivity index (χ3n) is 4.05. The maximum Gasteiger partial charge on any atom is 0.417 e. The number of aromatic nitrogens is 1. The molecule has 1 aromatic rings. The highest BCUT2D eigenvalue weighted by Crippen LogP contribution is 2.31. The van der Waals surface area contributed by atoms with Crippen LogP contribution in [0.3, 0.4) is 0 Å². The minimum Gasteiger partial charge on any atom is -0.361 e. The summed E-state index contributed by atoms with van der Waals surface area (Å²) in [5, 5.41) is 0. The van der Waals surface area contributed by atoms with Gasteiger partial charge in [0, 0.05) is 6.20 Å². The number of carbonyl (C=O) groups is 2. The molecule has 26 heavy (non-hydrogen) atoms. The molecule has 0 unspecified atom stereocenters. The predicted octanol–water partition coefficient (Wildman–Crippen LogP) is 2.07. The lowest BCUT2D eigenvalue weighted by Crippen LogP contribution is -2.49.